The minimum absolute atomic E-state index is 0.227. The third kappa shape index (κ3) is 2.36. The van der Waals surface area contributed by atoms with Crippen LogP contribution in [0, 0.1) is 0 Å². The Morgan fingerprint density at radius 2 is 1.78 bits per heavy atom. The highest BCUT2D eigenvalue weighted by atomic mass is 35.5. The number of hydrogen-bond acceptors (Lipinski definition) is 3. The average molecular weight is 345 g/mol. The van der Waals surface area contributed by atoms with Crippen LogP contribution in [0.25, 0.3) is 10.9 Å². The van der Waals surface area contributed by atoms with Crippen molar-refractivity contribution in [1.82, 2.24) is 4.98 Å². The standard InChI is InChI=1S/C17H13ClN2O2S/c18-14-5-7-15(8-6-14)23(21,22)20-10-9-13-11-12-3-1-2-4-16(12)19-17(13)20/h1-8,11H,9-10H2. The van der Waals surface area contributed by atoms with Crippen LogP contribution in [0.2, 0.25) is 5.02 Å². The lowest BCUT2D eigenvalue weighted by atomic mass is 10.1. The van der Waals surface area contributed by atoms with Crippen LogP contribution in [0.15, 0.2) is 59.5 Å². The molecule has 0 N–H and O–H groups in total. The first kappa shape index (κ1) is 14.5. The summed E-state index contributed by atoms with van der Waals surface area (Å²) < 4.78 is 27.2. The number of pyridine rings is 1. The molecular formula is C17H13ClN2O2S. The molecule has 2 aromatic carbocycles. The zero-order chi connectivity index (χ0) is 16.0. The lowest BCUT2D eigenvalue weighted by Crippen LogP contribution is -2.29. The zero-order valence-electron chi connectivity index (χ0n) is 12.1. The lowest BCUT2D eigenvalue weighted by Gasteiger charge is -2.19. The van der Waals surface area contributed by atoms with Crippen molar-refractivity contribution < 1.29 is 8.42 Å². The molecule has 1 aromatic heterocycles. The van der Waals surface area contributed by atoms with E-state index < -0.39 is 10.0 Å². The van der Waals surface area contributed by atoms with Crippen molar-refractivity contribution in [2.45, 2.75) is 11.3 Å². The van der Waals surface area contributed by atoms with Gasteiger partial charge in [-0.3, -0.25) is 0 Å². The van der Waals surface area contributed by atoms with Gasteiger partial charge in [-0.05, 0) is 48.4 Å². The van der Waals surface area contributed by atoms with Crippen molar-refractivity contribution in [3.8, 4) is 0 Å². The molecule has 0 unspecified atom stereocenters. The summed E-state index contributed by atoms with van der Waals surface area (Å²) in [4.78, 5) is 4.79. The Balaban J connectivity index is 1.84. The van der Waals surface area contributed by atoms with E-state index in [4.69, 9.17) is 11.6 Å². The predicted molar refractivity (Wildman–Crippen MR) is 91.4 cm³/mol. The fraction of sp³-hybridized carbons (Fsp3) is 0.118. The number of nitrogens with zero attached hydrogens (tertiary/aromatic N) is 2. The molecule has 23 heavy (non-hydrogen) atoms. The first-order valence-electron chi connectivity index (χ1n) is 7.23. The number of fused-ring (bicyclic) bond motifs is 2. The van der Waals surface area contributed by atoms with E-state index in [0.717, 1.165) is 16.5 Å². The number of sulfonamides is 1. The second-order valence-electron chi connectivity index (χ2n) is 5.44. The second-order valence-corrected chi connectivity index (χ2v) is 7.74. The van der Waals surface area contributed by atoms with Crippen LogP contribution in [0.5, 0.6) is 0 Å². The van der Waals surface area contributed by atoms with Crippen LogP contribution in [0.1, 0.15) is 5.56 Å². The van der Waals surface area contributed by atoms with Gasteiger partial charge in [-0.15, -0.1) is 0 Å². The van der Waals surface area contributed by atoms with Gasteiger partial charge in [0, 0.05) is 17.0 Å². The molecule has 1 aliphatic rings. The number of halogens is 1. The normalized spacial score (nSPS) is 14.2. The van der Waals surface area contributed by atoms with Gasteiger partial charge in [-0.1, -0.05) is 29.8 Å². The molecule has 2 heterocycles. The Hall–Kier alpha value is -2.11. The van der Waals surface area contributed by atoms with Gasteiger partial charge in [-0.2, -0.15) is 0 Å². The molecule has 0 saturated carbocycles. The predicted octanol–water partition coefficient (Wildman–Crippen LogP) is 3.64. The Bertz CT molecular complexity index is 1000. The molecule has 4 nitrogen and oxygen atoms in total. The molecule has 0 saturated heterocycles. The van der Waals surface area contributed by atoms with E-state index in [1.54, 1.807) is 12.1 Å². The van der Waals surface area contributed by atoms with E-state index in [2.05, 4.69) is 4.98 Å². The van der Waals surface area contributed by atoms with Crippen LogP contribution in [0.4, 0.5) is 5.82 Å². The van der Waals surface area contributed by atoms with Gasteiger partial charge in [0.15, 0.2) is 0 Å². The van der Waals surface area contributed by atoms with Gasteiger partial charge >= 0.3 is 0 Å². The van der Waals surface area contributed by atoms with Crippen LogP contribution in [-0.2, 0) is 16.4 Å². The van der Waals surface area contributed by atoms with E-state index in [1.807, 2.05) is 30.3 Å². The number of anilines is 1. The summed E-state index contributed by atoms with van der Waals surface area (Å²) in [6.07, 6.45) is 0.667. The molecular weight excluding hydrogens is 332 g/mol. The van der Waals surface area contributed by atoms with Crippen molar-refractivity contribution in [2.75, 3.05) is 10.8 Å². The van der Waals surface area contributed by atoms with Crippen molar-refractivity contribution in [3.63, 3.8) is 0 Å². The van der Waals surface area contributed by atoms with Crippen molar-refractivity contribution >= 4 is 38.3 Å². The summed E-state index contributed by atoms with van der Waals surface area (Å²) in [5.41, 5.74) is 1.76. The number of rotatable bonds is 2. The minimum Gasteiger partial charge on any atom is -0.249 e. The first-order valence-corrected chi connectivity index (χ1v) is 9.04. The first-order chi connectivity index (χ1) is 11.1. The third-order valence-corrected chi connectivity index (χ3v) is 6.06. The quantitative estimate of drug-likeness (QED) is 0.713. The molecule has 0 fully saturated rings. The fourth-order valence-electron chi connectivity index (χ4n) is 2.85. The Morgan fingerprint density at radius 3 is 2.57 bits per heavy atom. The monoisotopic (exact) mass is 344 g/mol. The number of para-hydroxylation sites is 1. The maximum absolute atomic E-state index is 12.9. The van der Waals surface area contributed by atoms with E-state index in [9.17, 15) is 8.42 Å². The maximum Gasteiger partial charge on any atom is 0.265 e. The van der Waals surface area contributed by atoms with Crippen LogP contribution >= 0.6 is 11.6 Å². The summed E-state index contributed by atoms with van der Waals surface area (Å²) in [7, 11) is -3.63. The van der Waals surface area contributed by atoms with Gasteiger partial charge in [-0.25, -0.2) is 17.7 Å². The van der Waals surface area contributed by atoms with Gasteiger partial charge < -0.3 is 0 Å². The van der Waals surface area contributed by atoms with Crippen LogP contribution < -0.4 is 4.31 Å². The molecule has 116 valence electrons. The molecule has 3 aromatic rings. The largest absolute Gasteiger partial charge is 0.265 e. The molecule has 1 aliphatic heterocycles. The van der Waals surface area contributed by atoms with Gasteiger partial charge in [0.2, 0.25) is 0 Å². The molecule has 0 aliphatic carbocycles. The van der Waals surface area contributed by atoms with Gasteiger partial charge in [0.1, 0.15) is 5.82 Å². The number of aromatic nitrogens is 1. The summed E-state index contributed by atoms with van der Waals surface area (Å²) in [5, 5.41) is 1.53. The average Bonchev–Trinajstić information content (AvgIpc) is 2.96. The van der Waals surface area contributed by atoms with Crippen LogP contribution in [-0.4, -0.2) is 19.9 Å². The summed E-state index contributed by atoms with van der Waals surface area (Å²) in [6.45, 7) is 0.406. The van der Waals surface area contributed by atoms with Crippen molar-refractivity contribution in [2.24, 2.45) is 0 Å². The van der Waals surface area contributed by atoms with Crippen molar-refractivity contribution in [1.29, 1.82) is 0 Å². The SMILES string of the molecule is O=S(=O)(c1ccc(Cl)cc1)N1CCc2cc3ccccc3nc21. The lowest BCUT2D eigenvalue weighted by molar-refractivity contribution is 0.592. The van der Waals surface area contributed by atoms with E-state index in [1.165, 1.54) is 16.4 Å². The molecule has 4 rings (SSSR count). The minimum atomic E-state index is -3.63. The van der Waals surface area contributed by atoms with Crippen LogP contribution in [0.3, 0.4) is 0 Å². The molecule has 0 bridgehead atoms. The van der Waals surface area contributed by atoms with E-state index in [-0.39, 0.29) is 4.90 Å². The van der Waals surface area contributed by atoms with Gasteiger partial charge in [0.05, 0.1) is 10.4 Å². The van der Waals surface area contributed by atoms with Gasteiger partial charge in [0.25, 0.3) is 10.0 Å². The Morgan fingerprint density at radius 1 is 1.04 bits per heavy atom. The second kappa shape index (κ2) is 5.22. The third-order valence-electron chi connectivity index (χ3n) is 4.00. The van der Waals surface area contributed by atoms with E-state index >= 15 is 0 Å². The molecule has 0 atom stereocenters. The summed E-state index contributed by atoms with van der Waals surface area (Å²) >= 11 is 5.85. The summed E-state index contributed by atoms with van der Waals surface area (Å²) in [5.74, 6) is 0.527. The number of benzene rings is 2. The topological polar surface area (TPSA) is 50.3 Å². The molecule has 0 spiro atoms. The smallest absolute Gasteiger partial charge is 0.249 e. The molecule has 0 amide bonds. The molecule has 6 heteroatoms. The van der Waals surface area contributed by atoms with E-state index in [0.29, 0.717) is 23.8 Å². The maximum atomic E-state index is 12.9. The van der Waals surface area contributed by atoms with Crippen molar-refractivity contribution in [3.05, 3.63) is 65.2 Å². The highest BCUT2D eigenvalue weighted by Gasteiger charge is 2.32. The Labute approximate surface area is 139 Å². The highest BCUT2D eigenvalue weighted by Crippen LogP contribution is 2.33. The molecule has 0 radical (unpaired) electrons. The number of hydrogen-bond donors (Lipinski definition) is 0. The fourth-order valence-corrected chi connectivity index (χ4v) is 4.42. The Kier molecular flexibility index (Phi) is 3.28. The zero-order valence-corrected chi connectivity index (χ0v) is 13.7. The highest BCUT2D eigenvalue weighted by molar-refractivity contribution is 7.92. The summed E-state index contributed by atoms with van der Waals surface area (Å²) in [6, 6.07) is 16.0.